The van der Waals surface area contributed by atoms with Crippen LogP contribution in [0.15, 0.2) is 29.8 Å². The van der Waals surface area contributed by atoms with E-state index in [9.17, 15) is 4.79 Å². The number of nitrogens with zero attached hydrogens (tertiary/aromatic N) is 1. The molecule has 0 radical (unpaired) electrons. The number of thiocarbonyl (C=S) groups is 1. The molecule has 1 heterocycles. The van der Waals surface area contributed by atoms with Crippen LogP contribution in [0.2, 0.25) is 10.0 Å². The Morgan fingerprint density at radius 2 is 2.24 bits per heavy atom. The van der Waals surface area contributed by atoms with Gasteiger partial charge in [-0.2, -0.15) is 0 Å². The molecule has 9 heteroatoms. The van der Waals surface area contributed by atoms with Crippen molar-refractivity contribution in [3.05, 3.63) is 39.8 Å². The zero-order valence-corrected chi connectivity index (χ0v) is 13.6. The summed E-state index contributed by atoms with van der Waals surface area (Å²) in [6.07, 6.45) is 1.63. The second-order valence-electron chi connectivity index (χ2n) is 3.70. The number of aromatic nitrogens is 1. The molecule has 1 aromatic heterocycles. The fraction of sp³-hybridized carbons (Fsp3) is 0.0833. The molecule has 0 atom stereocenters. The number of hydrogen-bond donors (Lipinski definition) is 2. The van der Waals surface area contributed by atoms with E-state index in [-0.39, 0.29) is 11.7 Å². The van der Waals surface area contributed by atoms with Gasteiger partial charge < -0.3 is 10.1 Å². The van der Waals surface area contributed by atoms with E-state index in [4.69, 9.17) is 40.2 Å². The van der Waals surface area contributed by atoms with Crippen molar-refractivity contribution >= 4 is 62.9 Å². The van der Waals surface area contributed by atoms with Crippen molar-refractivity contribution in [1.82, 2.24) is 10.3 Å². The number of carbonyl (C=O) groups is 1. The molecule has 0 aliphatic rings. The van der Waals surface area contributed by atoms with Crippen LogP contribution in [0.1, 0.15) is 0 Å². The Morgan fingerprint density at radius 1 is 1.43 bits per heavy atom. The van der Waals surface area contributed by atoms with Gasteiger partial charge in [-0.1, -0.05) is 23.2 Å². The summed E-state index contributed by atoms with van der Waals surface area (Å²) in [4.78, 5) is 15.7. The average molecular weight is 362 g/mol. The van der Waals surface area contributed by atoms with E-state index in [1.807, 2.05) is 0 Å². The Labute approximate surface area is 140 Å². The number of amides is 1. The maximum absolute atomic E-state index is 11.7. The Bertz CT molecular complexity index is 650. The van der Waals surface area contributed by atoms with Gasteiger partial charge in [0.2, 0.25) is 0 Å². The molecular weight excluding hydrogens is 353 g/mol. The van der Waals surface area contributed by atoms with E-state index in [1.165, 1.54) is 17.4 Å². The quantitative estimate of drug-likeness (QED) is 0.817. The molecule has 2 N–H and O–H groups in total. The SMILES string of the molecule is O=C(COc1ccc(Cl)cc1Cl)NC(=S)Nc1nccs1. The van der Waals surface area contributed by atoms with Crippen LogP contribution >= 0.6 is 46.8 Å². The van der Waals surface area contributed by atoms with Crippen LogP contribution in [0, 0.1) is 0 Å². The molecule has 2 aromatic rings. The number of halogens is 2. The predicted octanol–water partition coefficient (Wildman–Crippen LogP) is 3.34. The third kappa shape index (κ3) is 5.13. The van der Waals surface area contributed by atoms with Crippen molar-refractivity contribution in [3.63, 3.8) is 0 Å². The van der Waals surface area contributed by atoms with Crippen LogP contribution in [0.4, 0.5) is 5.13 Å². The Kier molecular flexibility index (Phi) is 5.75. The summed E-state index contributed by atoms with van der Waals surface area (Å²) in [5, 5.41) is 8.62. The first kappa shape index (κ1) is 16.0. The third-order valence-corrected chi connectivity index (χ3v) is 3.58. The zero-order valence-electron chi connectivity index (χ0n) is 10.4. The molecule has 0 saturated carbocycles. The Balaban J connectivity index is 1.80. The standard InChI is InChI=1S/C12H9Cl2N3O2S2/c13-7-1-2-9(8(14)5-7)19-6-10(18)16-11(20)17-12-15-3-4-21-12/h1-5H,6H2,(H2,15,16,17,18,20). The molecule has 0 fully saturated rings. The van der Waals surface area contributed by atoms with Crippen molar-refractivity contribution < 1.29 is 9.53 Å². The summed E-state index contributed by atoms with van der Waals surface area (Å²) in [7, 11) is 0. The lowest BCUT2D eigenvalue weighted by Gasteiger charge is -2.09. The highest BCUT2D eigenvalue weighted by molar-refractivity contribution is 7.80. The number of benzene rings is 1. The predicted molar refractivity (Wildman–Crippen MR) is 88.4 cm³/mol. The Hall–Kier alpha value is -1.41. The monoisotopic (exact) mass is 361 g/mol. The van der Waals surface area contributed by atoms with Gasteiger partial charge in [0.15, 0.2) is 16.9 Å². The lowest BCUT2D eigenvalue weighted by atomic mass is 10.3. The number of thiazole rings is 1. The second-order valence-corrected chi connectivity index (χ2v) is 5.85. The molecule has 2 rings (SSSR count). The van der Waals surface area contributed by atoms with E-state index < -0.39 is 5.91 Å². The van der Waals surface area contributed by atoms with Gasteiger partial charge in [0.1, 0.15) is 5.75 Å². The summed E-state index contributed by atoms with van der Waals surface area (Å²) in [5.41, 5.74) is 0. The number of anilines is 1. The molecule has 0 aliphatic carbocycles. The molecule has 0 saturated heterocycles. The van der Waals surface area contributed by atoms with Crippen molar-refractivity contribution in [3.8, 4) is 5.75 Å². The maximum Gasteiger partial charge on any atom is 0.264 e. The summed E-state index contributed by atoms with van der Waals surface area (Å²) in [6.45, 7) is -0.221. The summed E-state index contributed by atoms with van der Waals surface area (Å²) >= 11 is 18.0. The number of rotatable bonds is 4. The molecule has 5 nitrogen and oxygen atoms in total. The van der Waals surface area contributed by atoms with E-state index in [2.05, 4.69) is 15.6 Å². The number of hydrogen-bond acceptors (Lipinski definition) is 5. The highest BCUT2D eigenvalue weighted by Gasteiger charge is 2.09. The van der Waals surface area contributed by atoms with Crippen LogP contribution in [-0.4, -0.2) is 22.6 Å². The lowest BCUT2D eigenvalue weighted by molar-refractivity contribution is -0.121. The maximum atomic E-state index is 11.7. The van der Waals surface area contributed by atoms with E-state index in [1.54, 1.807) is 23.7 Å². The van der Waals surface area contributed by atoms with Gasteiger partial charge in [0, 0.05) is 16.6 Å². The molecule has 0 spiro atoms. The lowest BCUT2D eigenvalue weighted by Crippen LogP contribution is -2.37. The topological polar surface area (TPSA) is 63.2 Å². The van der Waals surface area contributed by atoms with Gasteiger partial charge in [0.25, 0.3) is 5.91 Å². The summed E-state index contributed by atoms with van der Waals surface area (Å²) in [5.74, 6) is -0.0370. The van der Waals surface area contributed by atoms with Crippen molar-refractivity contribution in [2.24, 2.45) is 0 Å². The van der Waals surface area contributed by atoms with Crippen LogP contribution in [0.3, 0.4) is 0 Å². The smallest absolute Gasteiger partial charge is 0.264 e. The minimum atomic E-state index is -0.407. The van der Waals surface area contributed by atoms with Crippen molar-refractivity contribution in [2.45, 2.75) is 0 Å². The summed E-state index contributed by atoms with van der Waals surface area (Å²) < 4.78 is 5.29. The van der Waals surface area contributed by atoms with Gasteiger partial charge in [-0.15, -0.1) is 11.3 Å². The van der Waals surface area contributed by atoms with Gasteiger partial charge >= 0.3 is 0 Å². The highest BCUT2D eigenvalue weighted by atomic mass is 35.5. The fourth-order valence-electron chi connectivity index (χ4n) is 1.31. The van der Waals surface area contributed by atoms with Crippen LogP contribution in [0.25, 0.3) is 0 Å². The zero-order chi connectivity index (χ0) is 15.2. The van der Waals surface area contributed by atoms with Crippen molar-refractivity contribution in [2.75, 3.05) is 11.9 Å². The van der Waals surface area contributed by atoms with Crippen LogP contribution < -0.4 is 15.4 Å². The minimum absolute atomic E-state index is 0.153. The molecule has 0 bridgehead atoms. The first-order chi connectivity index (χ1) is 10.0. The largest absolute Gasteiger partial charge is 0.482 e. The number of ether oxygens (including phenoxy) is 1. The van der Waals surface area contributed by atoms with Crippen LogP contribution in [0.5, 0.6) is 5.75 Å². The number of nitrogens with one attached hydrogen (secondary N) is 2. The van der Waals surface area contributed by atoms with Gasteiger partial charge in [-0.05, 0) is 30.4 Å². The minimum Gasteiger partial charge on any atom is -0.482 e. The fourth-order valence-corrected chi connectivity index (χ4v) is 2.58. The first-order valence-electron chi connectivity index (χ1n) is 5.63. The molecule has 1 amide bonds. The Morgan fingerprint density at radius 3 is 2.90 bits per heavy atom. The summed E-state index contributed by atoms with van der Waals surface area (Å²) in [6, 6.07) is 4.74. The van der Waals surface area contributed by atoms with E-state index in [0.29, 0.717) is 20.9 Å². The average Bonchev–Trinajstić information content (AvgIpc) is 2.90. The van der Waals surface area contributed by atoms with E-state index in [0.717, 1.165) is 0 Å². The van der Waals surface area contributed by atoms with Crippen LogP contribution in [-0.2, 0) is 4.79 Å². The van der Waals surface area contributed by atoms with Gasteiger partial charge in [0.05, 0.1) is 5.02 Å². The highest BCUT2D eigenvalue weighted by Crippen LogP contribution is 2.27. The molecule has 21 heavy (non-hydrogen) atoms. The van der Waals surface area contributed by atoms with Gasteiger partial charge in [-0.3, -0.25) is 10.1 Å². The third-order valence-electron chi connectivity index (χ3n) is 2.16. The molecule has 0 unspecified atom stereocenters. The normalized spacial score (nSPS) is 10.0. The molecule has 0 aliphatic heterocycles. The second kappa shape index (κ2) is 7.56. The van der Waals surface area contributed by atoms with Gasteiger partial charge in [-0.25, -0.2) is 4.98 Å². The molecule has 110 valence electrons. The first-order valence-corrected chi connectivity index (χ1v) is 7.67. The molecular formula is C12H9Cl2N3O2S2. The van der Waals surface area contributed by atoms with Crippen molar-refractivity contribution in [1.29, 1.82) is 0 Å². The molecule has 1 aromatic carbocycles. The van der Waals surface area contributed by atoms with E-state index >= 15 is 0 Å². The number of carbonyl (C=O) groups excluding carboxylic acids is 1.